The molecule has 1 saturated heterocycles. The summed E-state index contributed by atoms with van der Waals surface area (Å²) in [5.74, 6) is 0.0227. The minimum absolute atomic E-state index is 0.0515. The van der Waals surface area contributed by atoms with Crippen LogP contribution in [0.4, 0.5) is 5.69 Å². The van der Waals surface area contributed by atoms with E-state index in [2.05, 4.69) is 31.2 Å². The third kappa shape index (κ3) is 3.60. The Morgan fingerprint density at radius 2 is 1.89 bits per heavy atom. The molecule has 4 rings (SSSR count). The van der Waals surface area contributed by atoms with E-state index in [4.69, 9.17) is 0 Å². The van der Waals surface area contributed by atoms with E-state index in [-0.39, 0.29) is 28.9 Å². The molecule has 1 aliphatic heterocycles. The smallest absolute Gasteiger partial charge is 0.274 e. The summed E-state index contributed by atoms with van der Waals surface area (Å²) in [4.78, 5) is 13.1. The van der Waals surface area contributed by atoms with Crippen molar-refractivity contribution in [3.63, 3.8) is 0 Å². The normalized spacial score (nSPS) is 20.9. The molecular formula is C21H27N3O3S. The summed E-state index contributed by atoms with van der Waals surface area (Å²) < 4.78 is 25.6. The second-order valence-corrected chi connectivity index (χ2v) is 11.1. The predicted octanol–water partition coefficient (Wildman–Crippen LogP) is 3.28. The van der Waals surface area contributed by atoms with E-state index in [1.807, 2.05) is 24.3 Å². The molecule has 28 heavy (non-hydrogen) atoms. The first-order chi connectivity index (χ1) is 13.1. The minimum atomic E-state index is -3.05. The number of rotatable bonds is 3. The summed E-state index contributed by atoms with van der Waals surface area (Å²) in [5.41, 5.74) is 4.44. The van der Waals surface area contributed by atoms with E-state index < -0.39 is 9.84 Å². The fraction of sp³-hybridized carbons (Fsp3) is 0.524. The molecule has 0 saturated carbocycles. The van der Waals surface area contributed by atoms with Crippen LogP contribution in [0.2, 0.25) is 0 Å². The number of sulfone groups is 1. The quantitative estimate of drug-likeness (QED) is 0.856. The van der Waals surface area contributed by atoms with Crippen molar-refractivity contribution in [3.05, 3.63) is 46.8 Å². The van der Waals surface area contributed by atoms with Gasteiger partial charge in [-0.2, -0.15) is 5.10 Å². The van der Waals surface area contributed by atoms with Gasteiger partial charge in [-0.25, -0.2) is 8.42 Å². The van der Waals surface area contributed by atoms with Crippen LogP contribution in [0.5, 0.6) is 0 Å². The number of hydrogen-bond donors (Lipinski definition) is 1. The Labute approximate surface area is 166 Å². The van der Waals surface area contributed by atoms with Crippen molar-refractivity contribution in [3.8, 4) is 0 Å². The van der Waals surface area contributed by atoms with Crippen LogP contribution in [-0.2, 0) is 28.1 Å². The summed E-state index contributed by atoms with van der Waals surface area (Å²) in [7, 11) is -3.05. The number of aryl methyl sites for hydroxylation is 1. The molecule has 0 spiro atoms. The number of fused-ring (bicyclic) bond motifs is 1. The van der Waals surface area contributed by atoms with Gasteiger partial charge in [0.25, 0.3) is 5.91 Å². The highest BCUT2D eigenvalue weighted by Crippen LogP contribution is 2.32. The average molecular weight is 402 g/mol. The monoisotopic (exact) mass is 401 g/mol. The summed E-state index contributed by atoms with van der Waals surface area (Å²) >= 11 is 0. The molecule has 1 fully saturated rings. The second-order valence-electron chi connectivity index (χ2n) is 8.91. The molecule has 1 aromatic carbocycles. The first-order valence-corrected chi connectivity index (χ1v) is 11.7. The Bertz CT molecular complexity index is 1010. The first kappa shape index (κ1) is 19.2. The summed E-state index contributed by atoms with van der Waals surface area (Å²) in [6, 6.07) is 7.64. The number of anilines is 1. The van der Waals surface area contributed by atoms with Crippen LogP contribution in [0, 0.1) is 0 Å². The fourth-order valence-corrected chi connectivity index (χ4v) is 5.82. The van der Waals surface area contributed by atoms with E-state index in [0.29, 0.717) is 12.1 Å². The third-order valence-electron chi connectivity index (χ3n) is 5.71. The molecule has 1 aliphatic carbocycles. The topological polar surface area (TPSA) is 81.1 Å². The highest BCUT2D eigenvalue weighted by molar-refractivity contribution is 7.91. The van der Waals surface area contributed by atoms with Gasteiger partial charge in [-0.15, -0.1) is 0 Å². The third-order valence-corrected chi connectivity index (χ3v) is 7.46. The van der Waals surface area contributed by atoms with Gasteiger partial charge in [0.1, 0.15) is 5.69 Å². The Kier molecular flexibility index (Phi) is 4.61. The number of aromatic nitrogens is 2. The van der Waals surface area contributed by atoms with Crippen LogP contribution in [-0.4, -0.2) is 35.6 Å². The average Bonchev–Trinajstić information content (AvgIpc) is 3.27. The molecule has 2 aliphatic rings. The molecule has 1 aromatic heterocycles. The van der Waals surface area contributed by atoms with Crippen molar-refractivity contribution in [2.24, 2.45) is 0 Å². The van der Waals surface area contributed by atoms with Crippen LogP contribution in [0.25, 0.3) is 0 Å². The number of nitrogens with one attached hydrogen (secondary N) is 1. The highest BCUT2D eigenvalue weighted by Gasteiger charge is 2.35. The van der Waals surface area contributed by atoms with Crippen molar-refractivity contribution < 1.29 is 13.2 Å². The maximum atomic E-state index is 13.1. The Morgan fingerprint density at radius 3 is 2.50 bits per heavy atom. The predicted molar refractivity (Wildman–Crippen MR) is 110 cm³/mol. The molecule has 150 valence electrons. The van der Waals surface area contributed by atoms with Gasteiger partial charge >= 0.3 is 0 Å². The molecule has 1 atom stereocenters. The lowest BCUT2D eigenvalue weighted by atomic mass is 9.87. The van der Waals surface area contributed by atoms with Gasteiger partial charge in [-0.1, -0.05) is 32.9 Å². The largest absolute Gasteiger partial charge is 0.321 e. The van der Waals surface area contributed by atoms with Crippen molar-refractivity contribution in [2.75, 3.05) is 16.8 Å². The summed E-state index contributed by atoms with van der Waals surface area (Å²) in [6.07, 6.45) is 3.17. The minimum Gasteiger partial charge on any atom is -0.321 e. The van der Waals surface area contributed by atoms with Gasteiger partial charge in [-0.3, -0.25) is 9.48 Å². The molecule has 0 radical (unpaired) electrons. The van der Waals surface area contributed by atoms with Crippen molar-refractivity contribution in [1.82, 2.24) is 9.78 Å². The number of hydrogen-bond acceptors (Lipinski definition) is 4. The molecule has 1 N–H and O–H groups in total. The summed E-state index contributed by atoms with van der Waals surface area (Å²) in [6.45, 7) is 6.45. The van der Waals surface area contributed by atoms with Gasteiger partial charge in [0, 0.05) is 11.3 Å². The molecule has 1 amide bonds. The molecule has 6 nitrogen and oxygen atoms in total. The van der Waals surface area contributed by atoms with Gasteiger partial charge < -0.3 is 5.32 Å². The lowest BCUT2D eigenvalue weighted by Crippen LogP contribution is -2.23. The van der Waals surface area contributed by atoms with E-state index >= 15 is 0 Å². The number of carbonyl (C=O) groups excluding carboxylic acids is 1. The van der Waals surface area contributed by atoms with E-state index in [1.165, 1.54) is 5.56 Å². The first-order valence-electron chi connectivity index (χ1n) is 9.87. The lowest BCUT2D eigenvalue weighted by molar-refractivity contribution is 0.101. The van der Waals surface area contributed by atoms with Crippen molar-refractivity contribution in [1.29, 1.82) is 0 Å². The molecule has 0 bridgehead atoms. The SMILES string of the molecule is CC(C)(C)c1ccc(NC(=O)c2c3c(nn2[C@@H]2CCS(=O)(=O)C2)CCC3)cc1. The maximum absolute atomic E-state index is 13.1. The number of nitrogens with zero attached hydrogens (tertiary/aromatic N) is 2. The van der Waals surface area contributed by atoms with Crippen molar-refractivity contribution in [2.45, 2.75) is 57.9 Å². The highest BCUT2D eigenvalue weighted by atomic mass is 32.2. The fourth-order valence-electron chi connectivity index (χ4n) is 4.13. The van der Waals surface area contributed by atoms with Crippen molar-refractivity contribution >= 4 is 21.4 Å². The number of amides is 1. The van der Waals surface area contributed by atoms with Crippen LogP contribution in [0.1, 0.15) is 67.0 Å². The number of carbonyl (C=O) groups is 1. The van der Waals surface area contributed by atoms with E-state index in [9.17, 15) is 13.2 Å². The van der Waals surface area contributed by atoms with Crippen LogP contribution in [0.15, 0.2) is 24.3 Å². The number of benzene rings is 1. The van der Waals surface area contributed by atoms with E-state index in [1.54, 1.807) is 4.68 Å². The molecule has 0 unspecified atom stereocenters. The molecule has 7 heteroatoms. The molecule has 2 aromatic rings. The zero-order valence-electron chi connectivity index (χ0n) is 16.7. The molecular weight excluding hydrogens is 374 g/mol. The summed E-state index contributed by atoms with van der Waals surface area (Å²) in [5, 5.41) is 7.63. The van der Waals surface area contributed by atoms with Gasteiger partial charge in [0.2, 0.25) is 0 Å². The Balaban J connectivity index is 1.62. The maximum Gasteiger partial charge on any atom is 0.274 e. The van der Waals surface area contributed by atoms with Crippen LogP contribution in [0.3, 0.4) is 0 Å². The Hall–Kier alpha value is -2.15. The van der Waals surface area contributed by atoms with Gasteiger partial charge in [0.05, 0.1) is 23.2 Å². The standard InChI is InChI=1S/C21H27N3O3S/c1-21(2,3)14-7-9-15(10-8-14)22-20(25)19-17-5-4-6-18(17)23-24(19)16-11-12-28(26,27)13-16/h7-10,16H,4-6,11-13H2,1-3H3,(H,22,25)/t16-/m1/s1. The zero-order chi connectivity index (χ0) is 20.1. The van der Waals surface area contributed by atoms with E-state index in [0.717, 1.165) is 36.2 Å². The van der Waals surface area contributed by atoms with Gasteiger partial charge in [0.15, 0.2) is 9.84 Å². The van der Waals surface area contributed by atoms with Crippen LogP contribution < -0.4 is 5.32 Å². The zero-order valence-corrected chi connectivity index (χ0v) is 17.5. The lowest BCUT2D eigenvalue weighted by Gasteiger charge is -2.19. The Morgan fingerprint density at radius 1 is 1.18 bits per heavy atom. The van der Waals surface area contributed by atoms with Gasteiger partial charge in [-0.05, 0) is 48.8 Å². The molecule has 2 heterocycles. The van der Waals surface area contributed by atoms with Crippen LogP contribution >= 0.6 is 0 Å². The second kappa shape index (κ2) is 6.72.